The van der Waals surface area contributed by atoms with Crippen LogP contribution in [-0.2, 0) is 4.79 Å². The Hall–Kier alpha value is -1.75. The molecular weight excluding hydrogens is 242 g/mol. The maximum atomic E-state index is 11.0. The van der Waals surface area contributed by atoms with Crippen LogP contribution in [0.2, 0.25) is 0 Å². The highest BCUT2D eigenvalue weighted by Crippen LogP contribution is 2.31. The molecule has 0 spiro atoms. The van der Waals surface area contributed by atoms with E-state index in [4.69, 9.17) is 16.2 Å². The molecule has 1 atom stereocenters. The minimum Gasteiger partial charge on any atom is -0.495 e. The van der Waals surface area contributed by atoms with E-state index < -0.39 is 0 Å². The van der Waals surface area contributed by atoms with Gasteiger partial charge in [0.15, 0.2) is 0 Å². The molecule has 0 aromatic heterocycles. The first-order chi connectivity index (χ1) is 9.10. The van der Waals surface area contributed by atoms with Crippen LogP contribution in [0.5, 0.6) is 5.75 Å². The SMILES string of the molecule is COc1cc(C2CCCN(CC(N)=O)C2)ccc1N. The van der Waals surface area contributed by atoms with Crippen molar-refractivity contribution in [3.63, 3.8) is 0 Å². The van der Waals surface area contributed by atoms with Gasteiger partial charge in [0.2, 0.25) is 5.91 Å². The van der Waals surface area contributed by atoms with E-state index in [1.54, 1.807) is 7.11 Å². The molecule has 1 saturated heterocycles. The summed E-state index contributed by atoms with van der Waals surface area (Å²) in [5.74, 6) is 0.850. The van der Waals surface area contributed by atoms with Gasteiger partial charge in [0, 0.05) is 6.54 Å². The number of amides is 1. The number of carbonyl (C=O) groups is 1. The summed E-state index contributed by atoms with van der Waals surface area (Å²) >= 11 is 0. The summed E-state index contributed by atoms with van der Waals surface area (Å²) in [6, 6.07) is 5.91. The zero-order chi connectivity index (χ0) is 13.8. The Bertz CT molecular complexity index is 462. The van der Waals surface area contributed by atoms with Gasteiger partial charge in [-0.05, 0) is 43.0 Å². The van der Waals surface area contributed by atoms with E-state index in [2.05, 4.69) is 4.90 Å². The normalized spacial score (nSPS) is 20.2. The van der Waals surface area contributed by atoms with Crippen LogP contribution in [0.15, 0.2) is 18.2 Å². The van der Waals surface area contributed by atoms with Crippen LogP contribution in [0.3, 0.4) is 0 Å². The lowest BCUT2D eigenvalue weighted by atomic mass is 9.90. The summed E-state index contributed by atoms with van der Waals surface area (Å²) in [4.78, 5) is 13.1. The van der Waals surface area contributed by atoms with Gasteiger partial charge < -0.3 is 16.2 Å². The van der Waals surface area contributed by atoms with E-state index in [-0.39, 0.29) is 5.91 Å². The molecule has 1 aromatic carbocycles. The minimum atomic E-state index is -0.268. The van der Waals surface area contributed by atoms with Gasteiger partial charge in [-0.25, -0.2) is 0 Å². The number of nitrogens with two attached hydrogens (primary N) is 2. The number of nitrogen functional groups attached to an aromatic ring is 1. The molecule has 0 aliphatic carbocycles. The number of methoxy groups -OCH3 is 1. The molecule has 104 valence electrons. The molecule has 1 aromatic rings. The average molecular weight is 263 g/mol. The second kappa shape index (κ2) is 5.93. The van der Waals surface area contributed by atoms with E-state index in [0.29, 0.717) is 23.9 Å². The van der Waals surface area contributed by atoms with Crippen LogP contribution >= 0.6 is 0 Å². The number of primary amides is 1. The molecular formula is C14H21N3O2. The lowest BCUT2D eigenvalue weighted by Crippen LogP contribution is -2.40. The Morgan fingerprint density at radius 1 is 1.53 bits per heavy atom. The Balaban J connectivity index is 2.10. The number of hydrogen-bond donors (Lipinski definition) is 2. The molecule has 0 radical (unpaired) electrons. The van der Waals surface area contributed by atoms with Crippen LogP contribution in [0.1, 0.15) is 24.3 Å². The first-order valence-electron chi connectivity index (χ1n) is 6.54. The van der Waals surface area contributed by atoms with Crippen LogP contribution in [0.4, 0.5) is 5.69 Å². The summed E-state index contributed by atoms with van der Waals surface area (Å²) in [5.41, 5.74) is 12.9. The number of benzene rings is 1. The zero-order valence-corrected chi connectivity index (χ0v) is 11.3. The summed E-state index contributed by atoms with van der Waals surface area (Å²) in [5, 5.41) is 0. The highest BCUT2D eigenvalue weighted by Gasteiger charge is 2.22. The third kappa shape index (κ3) is 3.38. The molecule has 5 nitrogen and oxygen atoms in total. The fraction of sp³-hybridized carbons (Fsp3) is 0.500. The van der Waals surface area contributed by atoms with Crippen molar-refractivity contribution in [3.8, 4) is 5.75 Å². The van der Waals surface area contributed by atoms with Crippen LogP contribution < -0.4 is 16.2 Å². The molecule has 1 fully saturated rings. The van der Waals surface area contributed by atoms with E-state index >= 15 is 0 Å². The summed E-state index contributed by atoms with van der Waals surface area (Å²) < 4.78 is 5.26. The maximum Gasteiger partial charge on any atom is 0.231 e. The van der Waals surface area contributed by atoms with E-state index in [1.807, 2.05) is 18.2 Å². The van der Waals surface area contributed by atoms with Gasteiger partial charge in [-0.3, -0.25) is 9.69 Å². The van der Waals surface area contributed by atoms with Crippen molar-refractivity contribution >= 4 is 11.6 Å². The number of carbonyl (C=O) groups excluding carboxylic acids is 1. The fourth-order valence-electron chi connectivity index (χ4n) is 2.67. The lowest BCUT2D eigenvalue weighted by Gasteiger charge is -2.32. The van der Waals surface area contributed by atoms with Crippen molar-refractivity contribution in [2.24, 2.45) is 5.73 Å². The Morgan fingerprint density at radius 2 is 2.32 bits per heavy atom. The highest BCUT2D eigenvalue weighted by atomic mass is 16.5. The third-order valence-electron chi connectivity index (χ3n) is 3.61. The molecule has 0 saturated carbocycles. The number of rotatable bonds is 4. The standard InChI is InChI=1S/C14H21N3O2/c1-19-13-7-10(4-5-12(13)15)11-3-2-6-17(8-11)9-14(16)18/h4-5,7,11H,2-3,6,8-9,15H2,1H3,(H2,16,18). The Labute approximate surface area is 113 Å². The molecule has 0 bridgehead atoms. The fourth-order valence-corrected chi connectivity index (χ4v) is 2.67. The molecule has 1 amide bonds. The smallest absolute Gasteiger partial charge is 0.231 e. The number of piperidine rings is 1. The number of ether oxygens (including phenoxy) is 1. The topological polar surface area (TPSA) is 81.6 Å². The van der Waals surface area contributed by atoms with Gasteiger partial charge >= 0.3 is 0 Å². The Morgan fingerprint density at radius 3 is 3.00 bits per heavy atom. The molecule has 4 N–H and O–H groups in total. The highest BCUT2D eigenvalue weighted by molar-refractivity contribution is 5.75. The second-order valence-electron chi connectivity index (χ2n) is 5.04. The molecule has 1 aliphatic heterocycles. The number of anilines is 1. The van der Waals surface area contributed by atoms with Crippen molar-refractivity contribution in [2.45, 2.75) is 18.8 Å². The van der Waals surface area contributed by atoms with Gasteiger partial charge in [0.25, 0.3) is 0 Å². The van der Waals surface area contributed by atoms with Crippen LogP contribution in [0.25, 0.3) is 0 Å². The lowest BCUT2D eigenvalue weighted by molar-refractivity contribution is -0.119. The zero-order valence-electron chi connectivity index (χ0n) is 11.3. The van der Waals surface area contributed by atoms with Crippen molar-refractivity contribution in [1.82, 2.24) is 4.90 Å². The quantitative estimate of drug-likeness (QED) is 0.792. The van der Waals surface area contributed by atoms with Crippen molar-refractivity contribution < 1.29 is 9.53 Å². The van der Waals surface area contributed by atoms with Gasteiger partial charge in [-0.15, -0.1) is 0 Å². The molecule has 1 heterocycles. The predicted molar refractivity (Wildman–Crippen MR) is 75.0 cm³/mol. The first-order valence-corrected chi connectivity index (χ1v) is 6.54. The molecule has 5 heteroatoms. The van der Waals surface area contributed by atoms with Gasteiger partial charge in [0.1, 0.15) is 5.75 Å². The number of likely N-dealkylation sites (tertiary alicyclic amines) is 1. The van der Waals surface area contributed by atoms with Gasteiger partial charge in [-0.1, -0.05) is 6.07 Å². The largest absolute Gasteiger partial charge is 0.495 e. The van der Waals surface area contributed by atoms with Crippen LogP contribution in [-0.4, -0.2) is 37.6 Å². The van der Waals surface area contributed by atoms with Gasteiger partial charge in [-0.2, -0.15) is 0 Å². The predicted octanol–water partition coefficient (Wildman–Crippen LogP) is 0.942. The van der Waals surface area contributed by atoms with Crippen LogP contribution in [0, 0.1) is 0 Å². The minimum absolute atomic E-state index is 0.268. The number of hydrogen-bond acceptors (Lipinski definition) is 4. The number of nitrogens with zero attached hydrogens (tertiary/aromatic N) is 1. The Kier molecular flexibility index (Phi) is 4.27. The average Bonchev–Trinajstić information content (AvgIpc) is 2.39. The molecule has 1 unspecified atom stereocenters. The van der Waals surface area contributed by atoms with Crippen molar-refractivity contribution in [1.29, 1.82) is 0 Å². The summed E-state index contributed by atoms with van der Waals surface area (Å²) in [6.07, 6.45) is 2.19. The van der Waals surface area contributed by atoms with E-state index in [9.17, 15) is 4.79 Å². The second-order valence-corrected chi connectivity index (χ2v) is 5.04. The monoisotopic (exact) mass is 263 g/mol. The molecule has 2 rings (SSSR count). The maximum absolute atomic E-state index is 11.0. The third-order valence-corrected chi connectivity index (χ3v) is 3.61. The van der Waals surface area contributed by atoms with E-state index in [0.717, 1.165) is 25.9 Å². The summed E-state index contributed by atoms with van der Waals surface area (Å²) in [7, 11) is 1.62. The van der Waals surface area contributed by atoms with E-state index in [1.165, 1.54) is 5.56 Å². The first kappa shape index (κ1) is 13.7. The molecule has 19 heavy (non-hydrogen) atoms. The van der Waals surface area contributed by atoms with Crippen molar-refractivity contribution in [3.05, 3.63) is 23.8 Å². The summed E-state index contributed by atoms with van der Waals surface area (Å²) in [6.45, 7) is 2.13. The van der Waals surface area contributed by atoms with Gasteiger partial charge in [0.05, 0.1) is 19.3 Å². The van der Waals surface area contributed by atoms with Crippen molar-refractivity contribution in [2.75, 3.05) is 32.5 Å². The molecule has 1 aliphatic rings.